The van der Waals surface area contributed by atoms with Gasteiger partial charge < -0.3 is 15.0 Å². The van der Waals surface area contributed by atoms with Gasteiger partial charge in [-0.25, -0.2) is 4.79 Å². The van der Waals surface area contributed by atoms with Crippen molar-refractivity contribution in [1.29, 1.82) is 0 Å². The Morgan fingerprint density at radius 2 is 1.31 bits per heavy atom. The molecule has 1 aromatic heterocycles. The van der Waals surface area contributed by atoms with Crippen LogP contribution in [-0.2, 0) is 7.05 Å². The zero-order chi connectivity index (χ0) is 19.0. The van der Waals surface area contributed by atoms with E-state index in [0.29, 0.717) is 5.69 Å². The van der Waals surface area contributed by atoms with Crippen molar-refractivity contribution in [3.8, 4) is 0 Å². The molecule has 0 unspecified atom stereocenters. The summed E-state index contributed by atoms with van der Waals surface area (Å²) < 4.78 is 1.70. The van der Waals surface area contributed by atoms with Crippen LogP contribution in [-0.4, -0.2) is 22.2 Å². The van der Waals surface area contributed by atoms with E-state index in [-0.39, 0.29) is 0 Å². The molecule has 1 heterocycles. The van der Waals surface area contributed by atoms with Gasteiger partial charge in [0.15, 0.2) is 0 Å². The summed E-state index contributed by atoms with van der Waals surface area (Å²) in [5.74, 6) is 0.00846. The summed E-state index contributed by atoms with van der Waals surface area (Å²) >= 11 is 0. The van der Waals surface area contributed by atoms with E-state index in [1.807, 2.05) is 6.07 Å². The van der Waals surface area contributed by atoms with E-state index < -0.39 is 5.97 Å². The zero-order valence-corrected chi connectivity index (χ0v) is 17.1. The second-order valence-electron chi connectivity index (χ2n) is 7.49. The molecule has 0 spiro atoms. The first-order valence-corrected chi connectivity index (χ1v) is 10.8. The maximum atomic E-state index is 11.0. The number of hydrogen-bond acceptors (Lipinski definition) is 2. The standard InChI is InChI=1S/C22H40N2O2/c1-3-4-5-6-7-8-9-10-11-12-13-14-15-16-19-23-21-18-17-20(22(25)26)24(21)2/h17-18,23H,3-16,19H2,1-2H3,(H,25,26). The van der Waals surface area contributed by atoms with Gasteiger partial charge in [-0.2, -0.15) is 0 Å². The number of aromatic nitrogens is 1. The summed E-state index contributed by atoms with van der Waals surface area (Å²) in [7, 11) is 1.79. The monoisotopic (exact) mass is 364 g/mol. The quantitative estimate of drug-likeness (QED) is 0.305. The Balaban J connectivity index is 1.86. The molecule has 0 aliphatic carbocycles. The highest BCUT2D eigenvalue weighted by molar-refractivity contribution is 5.86. The van der Waals surface area contributed by atoms with Crippen molar-refractivity contribution < 1.29 is 9.90 Å². The van der Waals surface area contributed by atoms with Gasteiger partial charge in [0.2, 0.25) is 0 Å². The van der Waals surface area contributed by atoms with Gasteiger partial charge in [0.25, 0.3) is 0 Å². The number of carboxylic acids is 1. The lowest BCUT2D eigenvalue weighted by Gasteiger charge is -2.08. The molecule has 26 heavy (non-hydrogen) atoms. The number of unbranched alkanes of at least 4 members (excludes halogenated alkanes) is 13. The van der Waals surface area contributed by atoms with Crippen molar-refractivity contribution >= 4 is 11.8 Å². The van der Waals surface area contributed by atoms with Crippen LogP contribution >= 0.6 is 0 Å². The molecule has 0 saturated heterocycles. The lowest BCUT2D eigenvalue weighted by molar-refractivity contribution is 0.0687. The Labute approximate surface area is 160 Å². The molecule has 0 radical (unpaired) electrons. The van der Waals surface area contributed by atoms with E-state index in [0.717, 1.165) is 18.8 Å². The molecule has 0 atom stereocenters. The van der Waals surface area contributed by atoms with Crippen LogP contribution in [0.25, 0.3) is 0 Å². The molecule has 0 aliphatic heterocycles. The van der Waals surface area contributed by atoms with Crippen molar-refractivity contribution in [2.45, 2.75) is 96.8 Å². The predicted molar refractivity (Wildman–Crippen MR) is 111 cm³/mol. The third-order valence-corrected chi connectivity index (χ3v) is 5.18. The SMILES string of the molecule is CCCCCCCCCCCCCCCCNc1ccc(C(=O)O)n1C. The number of nitrogens with one attached hydrogen (secondary N) is 1. The van der Waals surface area contributed by atoms with Crippen LogP contribution < -0.4 is 5.32 Å². The second-order valence-corrected chi connectivity index (χ2v) is 7.49. The average Bonchev–Trinajstić information content (AvgIpc) is 2.99. The van der Waals surface area contributed by atoms with Crippen molar-refractivity contribution in [2.75, 3.05) is 11.9 Å². The van der Waals surface area contributed by atoms with Gasteiger partial charge in [-0.05, 0) is 18.6 Å². The van der Waals surface area contributed by atoms with Gasteiger partial charge in [0.1, 0.15) is 11.5 Å². The van der Waals surface area contributed by atoms with E-state index in [2.05, 4.69) is 12.2 Å². The van der Waals surface area contributed by atoms with Crippen molar-refractivity contribution in [1.82, 2.24) is 4.57 Å². The topological polar surface area (TPSA) is 54.3 Å². The first-order chi connectivity index (χ1) is 12.7. The first-order valence-electron chi connectivity index (χ1n) is 10.8. The van der Waals surface area contributed by atoms with Gasteiger partial charge in [-0.3, -0.25) is 0 Å². The van der Waals surface area contributed by atoms with Crippen molar-refractivity contribution in [3.05, 3.63) is 17.8 Å². The Kier molecular flexibility index (Phi) is 12.8. The van der Waals surface area contributed by atoms with Crippen LogP contribution in [0.3, 0.4) is 0 Å². The van der Waals surface area contributed by atoms with Gasteiger partial charge in [-0.15, -0.1) is 0 Å². The molecule has 2 N–H and O–H groups in total. The maximum absolute atomic E-state index is 11.0. The number of hydrogen-bond donors (Lipinski definition) is 2. The van der Waals surface area contributed by atoms with Crippen LogP contribution in [0.1, 0.15) is 107 Å². The smallest absolute Gasteiger partial charge is 0.352 e. The van der Waals surface area contributed by atoms with Crippen LogP contribution in [0.5, 0.6) is 0 Å². The fourth-order valence-corrected chi connectivity index (χ4v) is 3.44. The van der Waals surface area contributed by atoms with Gasteiger partial charge in [0, 0.05) is 13.6 Å². The van der Waals surface area contributed by atoms with Crippen LogP contribution in [0.15, 0.2) is 12.1 Å². The Morgan fingerprint density at radius 3 is 1.73 bits per heavy atom. The van der Waals surface area contributed by atoms with E-state index in [1.54, 1.807) is 17.7 Å². The predicted octanol–water partition coefficient (Wildman–Crippen LogP) is 6.62. The number of carbonyl (C=O) groups is 1. The maximum Gasteiger partial charge on any atom is 0.352 e. The van der Waals surface area contributed by atoms with Crippen molar-refractivity contribution in [2.24, 2.45) is 7.05 Å². The minimum atomic E-state index is -0.878. The Hall–Kier alpha value is -1.45. The number of aromatic carboxylic acids is 1. The minimum absolute atomic E-state index is 0.327. The summed E-state index contributed by atoms with van der Waals surface area (Å²) in [6.07, 6.45) is 19.1. The first kappa shape index (κ1) is 22.6. The van der Waals surface area contributed by atoms with E-state index in [1.165, 1.54) is 83.5 Å². The molecule has 0 amide bonds. The number of anilines is 1. The van der Waals surface area contributed by atoms with Gasteiger partial charge in [0.05, 0.1) is 0 Å². The lowest BCUT2D eigenvalue weighted by Crippen LogP contribution is -2.09. The molecule has 0 bridgehead atoms. The molecule has 0 aliphatic rings. The van der Waals surface area contributed by atoms with Crippen LogP contribution in [0.4, 0.5) is 5.82 Å². The Bertz CT molecular complexity index is 482. The summed E-state index contributed by atoms with van der Waals surface area (Å²) in [6.45, 7) is 3.19. The highest BCUT2D eigenvalue weighted by Crippen LogP contribution is 2.14. The normalized spacial score (nSPS) is 11.0. The zero-order valence-electron chi connectivity index (χ0n) is 17.1. The average molecular weight is 365 g/mol. The largest absolute Gasteiger partial charge is 0.477 e. The lowest BCUT2D eigenvalue weighted by atomic mass is 10.0. The van der Waals surface area contributed by atoms with Crippen LogP contribution in [0.2, 0.25) is 0 Å². The summed E-state index contributed by atoms with van der Waals surface area (Å²) in [6, 6.07) is 3.49. The molecule has 0 aromatic carbocycles. The molecule has 4 nitrogen and oxygen atoms in total. The molecule has 4 heteroatoms. The summed E-state index contributed by atoms with van der Waals surface area (Å²) in [5.41, 5.74) is 0.327. The number of rotatable bonds is 17. The highest BCUT2D eigenvalue weighted by Gasteiger charge is 2.09. The number of nitrogens with zero attached hydrogens (tertiary/aromatic N) is 1. The molecule has 0 fully saturated rings. The van der Waals surface area contributed by atoms with E-state index >= 15 is 0 Å². The molecule has 1 aromatic rings. The number of carboxylic acid groups (broad SMARTS) is 1. The highest BCUT2D eigenvalue weighted by atomic mass is 16.4. The van der Waals surface area contributed by atoms with Crippen molar-refractivity contribution in [3.63, 3.8) is 0 Å². The second kappa shape index (κ2) is 14.7. The minimum Gasteiger partial charge on any atom is -0.477 e. The van der Waals surface area contributed by atoms with E-state index in [9.17, 15) is 4.79 Å². The third kappa shape index (κ3) is 9.88. The van der Waals surface area contributed by atoms with Gasteiger partial charge in [-0.1, -0.05) is 90.4 Å². The van der Waals surface area contributed by atoms with Gasteiger partial charge >= 0.3 is 5.97 Å². The Morgan fingerprint density at radius 1 is 0.846 bits per heavy atom. The van der Waals surface area contributed by atoms with Crippen LogP contribution in [0, 0.1) is 0 Å². The molecule has 1 rings (SSSR count). The molecular weight excluding hydrogens is 324 g/mol. The fraction of sp³-hybridized carbons (Fsp3) is 0.773. The third-order valence-electron chi connectivity index (χ3n) is 5.18. The summed E-state index contributed by atoms with van der Waals surface area (Å²) in [4.78, 5) is 11.0. The molecular formula is C22H40N2O2. The van der Waals surface area contributed by atoms with E-state index in [4.69, 9.17) is 5.11 Å². The summed E-state index contributed by atoms with van der Waals surface area (Å²) in [5, 5.41) is 12.4. The molecule has 150 valence electrons. The molecule has 0 saturated carbocycles. The fourth-order valence-electron chi connectivity index (χ4n) is 3.44.